The number of fused-ring (bicyclic) bond motifs is 4. The lowest BCUT2D eigenvalue weighted by Gasteiger charge is -2.06. The van der Waals surface area contributed by atoms with E-state index in [1.807, 2.05) is 23.6 Å². The average molecular weight is 396 g/mol. The second-order valence-electron chi connectivity index (χ2n) is 5.98. The van der Waals surface area contributed by atoms with E-state index in [1.54, 1.807) is 19.2 Å². The van der Waals surface area contributed by atoms with Gasteiger partial charge < -0.3 is 9.40 Å². The second-order valence-corrected chi connectivity index (χ2v) is 7.81. The van der Waals surface area contributed by atoms with Crippen LogP contribution >= 0.6 is 23.1 Å². The summed E-state index contributed by atoms with van der Waals surface area (Å²) in [5.74, 6) is 0.881. The molecular formula is C18H12N4O3S2. The number of benzene rings is 1. The number of aromatic amines is 1. The number of hydrogen-bond acceptors (Lipinski definition) is 7. The lowest BCUT2D eigenvalue weighted by Crippen LogP contribution is -2.19. The molecule has 1 aromatic carbocycles. The molecule has 7 nitrogen and oxygen atoms in total. The Morgan fingerprint density at radius 1 is 1.19 bits per heavy atom. The van der Waals surface area contributed by atoms with Crippen LogP contribution in [0.3, 0.4) is 0 Å². The third-order valence-corrected chi connectivity index (χ3v) is 6.13. The van der Waals surface area contributed by atoms with Crippen molar-refractivity contribution in [3.63, 3.8) is 0 Å². The summed E-state index contributed by atoms with van der Waals surface area (Å²) < 4.78 is 7.12. The zero-order chi connectivity index (χ0) is 18.5. The molecule has 5 aromatic rings. The van der Waals surface area contributed by atoms with Gasteiger partial charge >= 0.3 is 0 Å². The Labute approximate surface area is 159 Å². The number of H-pyrrole nitrogens is 1. The Bertz CT molecular complexity index is 1440. The van der Waals surface area contributed by atoms with E-state index in [0.29, 0.717) is 38.1 Å². The van der Waals surface area contributed by atoms with Crippen LogP contribution in [0.1, 0.15) is 5.82 Å². The van der Waals surface area contributed by atoms with Gasteiger partial charge in [0.25, 0.3) is 11.1 Å². The average Bonchev–Trinajstić information content (AvgIpc) is 3.28. The van der Waals surface area contributed by atoms with Gasteiger partial charge in [0.15, 0.2) is 5.16 Å². The van der Waals surface area contributed by atoms with Gasteiger partial charge in [-0.15, -0.1) is 11.3 Å². The maximum absolute atomic E-state index is 12.4. The fourth-order valence-electron chi connectivity index (χ4n) is 2.96. The topological polar surface area (TPSA) is 93.8 Å². The number of nitrogens with one attached hydrogen (secondary N) is 1. The largest absolute Gasteiger partial charge is 0.449 e. The van der Waals surface area contributed by atoms with Crippen LogP contribution in [-0.4, -0.2) is 19.5 Å². The van der Waals surface area contributed by atoms with E-state index < -0.39 is 0 Å². The third-order valence-electron chi connectivity index (χ3n) is 4.28. The fourth-order valence-corrected chi connectivity index (χ4v) is 4.61. The fraction of sp³-hybridized carbons (Fsp3) is 0.111. The molecule has 0 saturated carbocycles. The van der Waals surface area contributed by atoms with E-state index >= 15 is 0 Å². The molecule has 9 heteroatoms. The number of aromatic nitrogens is 4. The normalized spacial score (nSPS) is 11.7. The van der Waals surface area contributed by atoms with E-state index in [1.165, 1.54) is 27.7 Å². The van der Waals surface area contributed by atoms with Crippen LogP contribution in [0, 0.1) is 0 Å². The number of furan rings is 1. The highest BCUT2D eigenvalue weighted by Gasteiger charge is 2.14. The first-order valence-electron chi connectivity index (χ1n) is 8.09. The number of rotatable bonds is 3. The minimum atomic E-state index is -0.317. The maximum Gasteiger partial charge on any atom is 0.294 e. The monoisotopic (exact) mass is 396 g/mol. The summed E-state index contributed by atoms with van der Waals surface area (Å²) in [6.07, 6.45) is 0. The van der Waals surface area contributed by atoms with Gasteiger partial charge in [-0.25, -0.2) is 9.97 Å². The number of nitrogens with zero attached hydrogens (tertiary/aromatic N) is 3. The van der Waals surface area contributed by atoms with E-state index in [9.17, 15) is 9.59 Å². The SMILES string of the molecule is Cn1c(SCc2nc3c(oc4ccccc43)c(=O)[nH]2)nc2sccc2c1=O. The van der Waals surface area contributed by atoms with E-state index in [2.05, 4.69) is 15.0 Å². The lowest BCUT2D eigenvalue weighted by molar-refractivity contribution is 0.660. The first-order chi connectivity index (χ1) is 13.1. The Morgan fingerprint density at radius 3 is 2.93 bits per heavy atom. The maximum atomic E-state index is 12.4. The molecule has 0 bridgehead atoms. The number of thioether (sulfide) groups is 1. The minimum absolute atomic E-state index is 0.0820. The van der Waals surface area contributed by atoms with Gasteiger partial charge in [0.2, 0.25) is 5.58 Å². The minimum Gasteiger partial charge on any atom is -0.449 e. The number of para-hydroxylation sites is 1. The van der Waals surface area contributed by atoms with Crippen molar-refractivity contribution in [3.05, 3.63) is 62.2 Å². The van der Waals surface area contributed by atoms with E-state index in [4.69, 9.17) is 4.42 Å². The van der Waals surface area contributed by atoms with Gasteiger partial charge in [-0.3, -0.25) is 14.2 Å². The van der Waals surface area contributed by atoms with Crippen molar-refractivity contribution >= 4 is 55.4 Å². The van der Waals surface area contributed by atoms with E-state index in [0.717, 1.165) is 5.39 Å². The molecule has 4 aromatic heterocycles. The van der Waals surface area contributed by atoms with Gasteiger partial charge in [0.05, 0.1) is 11.1 Å². The van der Waals surface area contributed by atoms with Crippen molar-refractivity contribution in [1.29, 1.82) is 0 Å². The molecule has 0 saturated heterocycles. The van der Waals surface area contributed by atoms with Gasteiger partial charge in [0.1, 0.15) is 21.8 Å². The Morgan fingerprint density at radius 2 is 2.04 bits per heavy atom. The zero-order valence-corrected chi connectivity index (χ0v) is 15.7. The predicted octanol–water partition coefficient (Wildman–Crippen LogP) is 3.27. The Kier molecular flexibility index (Phi) is 3.66. The van der Waals surface area contributed by atoms with Crippen LogP contribution in [0.15, 0.2) is 54.9 Å². The first-order valence-corrected chi connectivity index (χ1v) is 9.96. The van der Waals surface area contributed by atoms with Crippen LogP contribution in [-0.2, 0) is 12.8 Å². The molecule has 0 radical (unpaired) electrons. The predicted molar refractivity (Wildman–Crippen MR) is 107 cm³/mol. The van der Waals surface area contributed by atoms with Crippen molar-refractivity contribution < 1.29 is 4.42 Å². The molecule has 0 aliphatic rings. The molecule has 0 unspecified atom stereocenters. The molecule has 134 valence electrons. The van der Waals surface area contributed by atoms with Gasteiger partial charge in [-0.1, -0.05) is 23.9 Å². The molecule has 0 fully saturated rings. The quantitative estimate of drug-likeness (QED) is 0.372. The smallest absolute Gasteiger partial charge is 0.294 e. The highest BCUT2D eigenvalue weighted by atomic mass is 32.2. The summed E-state index contributed by atoms with van der Waals surface area (Å²) in [5, 5.41) is 3.85. The molecule has 0 amide bonds. The molecule has 1 N–H and O–H groups in total. The molecule has 0 atom stereocenters. The summed E-state index contributed by atoms with van der Waals surface area (Å²) in [5.41, 5.74) is 0.988. The molecule has 0 aliphatic carbocycles. The summed E-state index contributed by atoms with van der Waals surface area (Å²) in [6, 6.07) is 9.19. The summed E-state index contributed by atoms with van der Waals surface area (Å²) >= 11 is 2.78. The van der Waals surface area contributed by atoms with Crippen molar-refractivity contribution in [1.82, 2.24) is 19.5 Å². The Hall–Kier alpha value is -2.91. The summed E-state index contributed by atoms with van der Waals surface area (Å²) in [6.45, 7) is 0. The van der Waals surface area contributed by atoms with E-state index in [-0.39, 0.29) is 16.7 Å². The van der Waals surface area contributed by atoms with Crippen molar-refractivity contribution in [3.8, 4) is 0 Å². The Balaban J connectivity index is 1.55. The van der Waals surface area contributed by atoms with Crippen molar-refractivity contribution in [2.45, 2.75) is 10.9 Å². The molecule has 4 heterocycles. The molecular weight excluding hydrogens is 384 g/mol. The summed E-state index contributed by atoms with van der Waals surface area (Å²) in [7, 11) is 1.69. The number of thiophene rings is 1. The lowest BCUT2D eigenvalue weighted by atomic mass is 10.2. The zero-order valence-electron chi connectivity index (χ0n) is 14.1. The highest BCUT2D eigenvalue weighted by Crippen LogP contribution is 2.26. The first kappa shape index (κ1) is 16.3. The van der Waals surface area contributed by atoms with Crippen LogP contribution in [0.4, 0.5) is 0 Å². The third kappa shape index (κ3) is 2.58. The second kappa shape index (κ2) is 6.07. The highest BCUT2D eigenvalue weighted by molar-refractivity contribution is 7.98. The molecule has 27 heavy (non-hydrogen) atoms. The molecule has 0 spiro atoms. The number of hydrogen-bond donors (Lipinski definition) is 1. The van der Waals surface area contributed by atoms with Crippen LogP contribution in [0.2, 0.25) is 0 Å². The van der Waals surface area contributed by atoms with Crippen LogP contribution < -0.4 is 11.1 Å². The van der Waals surface area contributed by atoms with Crippen LogP contribution in [0.5, 0.6) is 0 Å². The van der Waals surface area contributed by atoms with Gasteiger partial charge in [-0.05, 0) is 23.6 Å². The van der Waals surface area contributed by atoms with Gasteiger partial charge in [0, 0.05) is 12.4 Å². The van der Waals surface area contributed by atoms with Crippen molar-refractivity contribution in [2.24, 2.45) is 7.05 Å². The standard InChI is InChI=1S/C18H12N4O3S2/c1-22-17(24)10-6-7-26-16(10)21-18(22)27-8-12-19-13-9-4-2-3-5-11(9)25-14(13)15(23)20-12/h2-7H,8H2,1H3,(H,19,20,23). The van der Waals surface area contributed by atoms with Gasteiger partial charge in [-0.2, -0.15) is 0 Å². The summed E-state index contributed by atoms with van der Waals surface area (Å²) in [4.78, 5) is 37.3. The molecule has 0 aliphatic heterocycles. The van der Waals surface area contributed by atoms with Crippen molar-refractivity contribution in [2.75, 3.05) is 0 Å². The van der Waals surface area contributed by atoms with Crippen LogP contribution in [0.25, 0.3) is 32.3 Å². The molecule has 5 rings (SSSR count).